The SMILES string of the molecule is C=C1/C=C(/C(C)N2CC=C(c3c(C)cc(C(=O)C(C)C)cc3F)CC2)N(C)N\C=C/C1=N\C=C/C1=C(C)CCN1. The second kappa shape index (κ2) is 12.6. The van der Waals surface area contributed by atoms with E-state index in [4.69, 9.17) is 0 Å². The van der Waals surface area contributed by atoms with Gasteiger partial charge in [0.05, 0.1) is 11.4 Å². The number of carbonyl (C=O) groups is 1. The second-order valence-electron chi connectivity index (χ2n) is 11.1. The Kier molecular flexibility index (Phi) is 9.25. The van der Waals surface area contributed by atoms with Crippen LogP contribution in [0.3, 0.4) is 0 Å². The van der Waals surface area contributed by atoms with Crippen molar-refractivity contribution in [2.24, 2.45) is 10.9 Å². The van der Waals surface area contributed by atoms with Crippen molar-refractivity contribution in [3.05, 3.63) is 100 Å². The number of Topliss-reactive ketones (excluding diaryl/α,β-unsaturated/α-hetero) is 1. The van der Waals surface area contributed by atoms with Gasteiger partial charge in [0.25, 0.3) is 0 Å². The number of aliphatic imine (C=N–C) groups is 1. The molecule has 0 radical (unpaired) electrons. The number of allylic oxidation sites excluding steroid dienone is 4. The average molecular weight is 544 g/mol. The molecule has 6 nitrogen and oxygen atoms in total. The molecule has 212 valence electrons. The van der Waals surface area contributed by atoms with E-state index in [1.165, 1.54) is 11.6 Å². The summed E-state index contributed by atoms with van der Waals surface area (Å²) in [5.74, 6) is -0.511. The van der Waals surface area contributed by atoms with E-state index in [1.54, 1.807) is 0 Å². The van der Waals surface area contributed by atoms with Crippen molar-refractivity contribution in [2.75, 3.05) is 26.7 Å². The van der Waals surface area contributed by atoms with Crippen molar-refractivity contribution in [3.8, 4) is 0 Å². The third-order valence-corrected chi connectivity index (χ3v) is 7.91. The van der Waals surface area contributed by atoms with E-state index < -0.39 is 0 Å². The number of halogens is 1. The normalized spacial score (nSPS) is 22.6. The summed E-state index contributed by atoms with van der Waals surface area (Å²) in [6.45, 7) is 16.6. The van der Waals surface area contributed by atoms with Gasteiger partial charge >= 0.3 is 0 Å². The van der Waals surface area contributed by atoms with Gasteiger partial charge < -0.3 is 10.7 Å². The zero-order valence-electron chi connectivity index (χ0n) is 24.6. The van der Waals surface area contributed by atoms with Crippen LogP contribution in [0.15, 0.2) is 82.9 Å². The second-order valence-corrected chi connectivity index (χ2v) is 11.1. The molecule has 4 rings (SSSR count). The van der Waals surface area contributed by atoms with E-state index in [-0.39, 0.29) is 23.6 Å². The minimum absolute atomic E-state index is 0.0321. The number of hydrogen-bond acceptors (Lipinski definition) is 6. The highest BCUT2D eigenvalue weighted by molar-refractivity contribution is 6.10. The molecular formula is C33H42FN5O. The van der Waals surface area contributed by atoms with E-state index in [9.17, 15) is 4.79 Å². The maximum atomic E-state index is 15.2. The Hall–Kier alpha value is -3.71. The van der Waals surface area contributed by atoms with Crippen molar-refractivity contribution in [1.82, 2.24) is 20.7 Å². The van der Waals surface area contributed by atoms with Crippen LogP contribution in [0, 0.1) is 18.7 Å². The van der Waals surface area contributed by atoms with Crippen LogP contribution in [0.2, 0.25) is 0 Å². The summed E-state index contributed by atoms with van der Waals surface area (Å²) in [6, 6.07) is 3.31. The van der Waals surface area contributed by atoms with Crippen LogP contribution in [0.5, 0.6) is 0 Å². The van der Waals surface area contributed by atoms with Gasteiger partial charge in [0, 0.05) is 67.9 Å². The number of likely N-dealkylation sites (N-methyl/N-ethyl adjacent to an activating group) is 1. The largest absolute Gasteiger partial charge is 0.385 e. The van der Waals surface area contributed by atoms with Crippen LogP contribution in [-0.2, 0) is 0 Å². The topological polar surface area (TPSA) is 60.0 Å². The summed E-state index contributed by atoms with van der Waals surface area (Å²) in [6.07, 6.45) is 13.6. The van der Waals surface area contributed by atoms with Crippen molar-refractivity contribution in [3.63, 3.8) is 0 Å². The quantitative estimate of drug-likeness (QED) is 0.409. The fourth-order valence-corrected chi connectivity index (χ4v) is 5.43. The van der Waals surface area contributed by atoms with Gasteiger partial charge in [0.2, 0.25) is 0 Å². The molecule has 0 bridgehead atoms. The average Bonchev–Trinajstić information content (AvgIpc) is 3.33. The molecule has 0 fully saturated rings. The molecule has 2 N–H and O–H groups in total. The number of benzene rings is 1. The van der Waals surface area contributed by atoms with E-state index in [1.807, 2.05) is 63.4 Å². The number of ketones is 1. The summed E-state index contributed by atoms with van der Waals surface area (Å²) in [5.41, 5.74) is 11.4. The van der Waals surface area contributed by atoms with Gasteiger partial charge in [-0.25, -0.2) is 4.39 Å². The molecule has 40 heavy (non-hydrogen) atoms. The summed E-state index contributed by atoms with van der Waals surface area (Å²) in [7, 11) is 1.99. The van der Waals surface area contributed by atoms with Crippen molar-refractivity contribution < 1.29 is 9.18 Å². The Balaban J connectivity index is 1.50. The Bertz CT molecular complexity index is 1340. The Morgan fingerprint density at radius 2 is 1.98 bits per heavy atom. The fourth-order valence-electron chi connectivity index (χ4n) is 5.43. The summed E-state index contributed by atoms with van der Waals surface area (Å²) >= 11 is 0. The predicted octanol–water partition coefficient (Wildman–Crippen LogP) is 6.08. The minimum Gasteiger partial charge on any atom is -0.385 e. The Morgan fingerprint density at radius 3 is 2.60 bits per heavy atom. The minimum atomic E-state index is -0.317. The monoisotopic (exact) mass is 543 g/mol. The molecule has 0 aliphatic carbocycles. The standard InChI is InChI=1S/C33H42FN5O/c1-21(2)33(40)27-18-24(5)32(28(34)20-27)26-11-16-39(17-12-26)25(6)31-19-23(4)30(10-15-37-38(31)7)36-14-9-29-22(3)8-13-35-29/h9-11,14-15,18-21,25,35,37H,4,8,12-13,16-17H2,1-3,5-7H3/b14-9-,15-10-,31-19-,36-30+. The van der Waals surface area contributed by atoms with Gasteiger partial charge in [-0.2, -0.15) is 0 Å². The highest BCUT2D eigenvalue weighted by Gasteiger charge is 2.26. The smallest absolute Gasteiger partial charge is 0.165 e. The zero-order chi connectivity index (χ0) is 29.0. The third kappa shape index (κ3) is 6.53. The summed E-state index contributed by atoms with van der Waals surface area (Å²) < 4.78 is 15.2. The van der Waals surface area contributed by atoms with Crippen molar-refractivity contribution >= 4 is 17.1 Å². The number of carbonyl (C=O) groups excluding carboxylic acids is 1. The molecular weight excluding hydrogens is 501 g/mol. The molecule has 0 aromatic heterocycles. The van der Waals surface area contributed by atoms with Crippen molar-refractivity contribution in [1.29, 1.82) is 0 Å². The summed E-state index contributed by atoms with van der Waals surface area (Å²) in [5, 5.41) is 5.38. The van der Waals surface area contributed by atoms with Gasteiger partial charge in [0.15, 0.2) is 5.78 Å². The van der Waals surface area contributed by atoms with Crippen LogP contribution in [0.25, 0.3) is 5.57 Å². The molecule has 0 spiro atoms. The van der Waals surface area contributed by atoms with E-state index in [0.29, 0.717) is 17.7 Å². The molecule has 0 saturated carbocycles. The number of nitrogens with one attached hydrogen (secondary N) is 2. The lowest BCUT2D eigenvalue weighted by atomic mass is 9.90. The molecule has 1 aromatic rings. The van der Waals surface area contributed by atoms with Gasteiger partial charge in [0.1, 0.15) is 5.82 Å². The van der Waals surface area contributed by atoms with Gasteiger partial charge in [-0.1, -0.05) is 26.5 Å². The first-order chi connectivity index (χ1) is 19.1. The summed E-state index contributed by atoms with van der Waals surface area (Å²) in [4.78, 5) is 19.5. The van der Waals surface area contributed by atoms with Crippen LogP contribution in [0.1, 0.15) is 62.0 Å². The maximum Gasteiger partial charge on any atom is 0.165 e. The Morgan fingerprint density at radius 1 is 1.20 bits per heavy atom. The van der Waals surface area contributed by atoms with E-state index >= 15 is 4.39 Å². The highest BCUT2D eigenvalue weighted by Crippen LogP contribution is 2.31. The van der Waals surface area contributed by atoms with Crippen LogP contribution in [-0.4, -0.2) is 54.1 Å². The van der Waals surface area contributed by atoms with Gasteiger partial charge in [-0.15, -0.1) is 0 Å². The maximum absolute atomic E-state index is 15.2. The number of aryl methyl sites for hydroxylation is 1. The number of rotatable bonds is 7. The molecule has 0 amide bonds. The third-order valence-electron chi connectivity index (χ3n) is 7.91. The number of hydrazine groups is 1. The first kappa shape index (κ1) is 29.3. The van der Waals surface area contributed by atoms with Crippen LogP contribution < -0.4 is 10.7 Å². The van der Waals surface area contributed by atoms with Crippen molar-refractivity contribution in [2.45, 2.75) is 53.5 Å². The molecule has 1 atom stereocenters. The molecule has 7 heteroatoms. The molecule has 1 unspecified atom stereocenters. The molecule has 0 saturated heterocycles. The van der Waals surface area contributed by atoms with Crippen LogP contribution in [0.4, 0.5) is 4.39 Å². The lowest BCUT2D eigenvalue weighted by Crippen LogP contribution is -2.44. The van der Waals surface area contributed by atoms with E-state index in [0.717, 1.165) is 59.7 Å². The lowest BCUT2D eigenvalue weighted by Gasteiger charge is -2.37. The number of hydrogen-bond donors (Lipinski definition) is 2. The first-order valence-electron chi connectivity index (χ1n) is 14.1. The highest BCUT2D eigenvalue weighted by atomic mass is 19.1. The predicted molar refractivity (Wildman–Crippen MR) is 163 cm³/mol. The molecule has 1 aromatic carbocycles. The Labute approximate surface area is 238 Å². The van der Waals surface area contributed by atoms with Gasteiger partial charge in [-0.3, -0.25) is 19.7 Å². The van der Waals surface area contributed by atoms with Gasteiger partial charge in [-0.05, 0) is 86.3 Å². The number of nitrogens with zero attached hydrogens (tertiary/aromatic N) is 3. The molecule has 3 aliphatic rings. The first-order valence-corrected chi connectivity index (χ1v) is 14.1. The molecule has 3 aliphatic heterocycles. The molecule has 3 heterocycles. The lowest BCUT2D eigenvalue weighted by molar-refractivity contribution is 0.0939. The fraction of sp³-hybridized carbons (Fsp3) is 0.394. The van der Waals surface area contributed by atoms with E-state index in [2.05, 4.69) is 53.2 Å². The van der Waals surface area contributed by atoms with Crippen LogP contribution >= 0.6 is 0 Å². The zero-order valence-corrected chi connectivity index (χ0v) is 24.6.